The summed E-state index contributed by atoms with van der Waals surface area (Å²) in [5.41, 5.74) is 2.02. The Balaban J connectivity index is 1.62. The van der Waals surface area contributed by atoms with Gasteiger partial charge >= 0.3 is 0 Å². The maximum absolute atomic E-state index is 13.1. The third-order valence-corrected chi connectivity index (χ3v) is 6.24. The fraction of sp³-hybridized carbons (Fsp3) is 0.571. The number of nitrogens with one attached hydrogen (secondary N) is 1. The highest BCUT2D eigenvalue weighted by molar-refractivity contribution is 5.81. The van der Waals surface area contributed by atoms with Crippen LogP contribution in [0.25, 0.3) is 0 Å². The van der Waals surface area contributed by atoms with Crippen molar-refractivity contribution in [1.82, 2.24) is 14.8 Å². The lowest BCUT2D eigenvalue weighted by Crippen LogP contribution is -2.54. The summed E-state index contributed by atoms with van der Waals surface area (Å²) >= 11 is 0. The molecule has 1 N–H and O–H groups in total. The molecule has 6 nitrogen and oxygen atoms in total. The smallest absolute Gasteiger partial charge is 0.251 e. The highest BCUT2D eigenvalue weighted by Crippen LogP contribution is 2.41. The number of nitrogens with zero attached hydrogens (tertiary/aromatic N) is 2. The van der Waals surface area contributed by atoms with Crippen molar-refractivity contribution in [1.29, 1.82) is 0 Å². The highest BCUT2D eigenvalue weighted by atomic mass is 16.2. The first-order valence-corrected chi connectivity index (χ1v) is 9.97. The molecule has 0 unspecified atom stereocenters. The van der Waals surface area contributed by atoms with E-state index >= 15 is 0 Å². The van der Waals surface area contributed by atoms with Crippen molar-refractivity contribution < 1.29 is 9.59 Å². The van der Waals surface area contributed by atoms with Crippen LogP contribution in [0.15, 0.2) is 34.6 Å². The van der Waals surface area contributed by atoms with Crippen LogP contribution in [-0.4, -0.2) is 40.9 Å². The molecular formula is C21H27N3O3. The number of hydrogen-bond acceptors (Lipinski definition) is 3. The lowest BCUT2D eigenvalue weighted by molar-refractivity contribution is -0.135. The number of allylic oxidation sites excluding steroid dienone is 1. The van der Waals surface area contributed by atoms with Crippen LogP contribution in [-0.2, 0) is 9.59 Å². The third kappa shape index (κ3) is 3.45. The summed E-state index contributed by atoms with van der Waals surface area (Å²) in [5, 5.41) is 3.07. The molecule has 144 valence electrons. The van der Waals surface area contributed by atoms with Crippen molar-refractivity contribution in [3.8, 4) is 0 Å². The van der Waals surface area contributed by atoms with E-state index in [9.17, 15) is 14.4 Å². The zero-order valence-electron chi connectivity index (χ0n) is 15.8. The predicted octanol–water partition coefficient (Wildman–Crippen LogP) is 1.97. The number of likely N-dealkylation sites (tertiary alicyclic amines) is 1. The summed E-state index contributed by atoms with van der Waals surface area (Å²) in [5.74, 6) is 0.0139. The SMILES string of the molecule is CC(=O)N1C[C@H]2C[C@@H](C1)[C@H](C(=O)NCC1=CCCCC1)n1c2cccc1=O. The first-order chi connectivity index (χ1) is 13.0. The molecule has 0 saturated carbocycles. The number of piperidine rings is 1. The monoisotopic (exact) mass is 369 g/mol. The van der Waals surface area contributed by atoms with Crippen LogP contribution >= 0.6 is 0 Å². The van der Waals surface area contributed by atoms with Gasteiger partial charge in [0.2, 0.25) is 11.8 Å². The third-order valence-electron chi connectivity index (χ3n) is 6.24. The Morgan fingerprint density at radius 3 is 2.81 bits per heavy atom. The molecule has 0 aromatic carbocycles. The molecule has 1 saturated heterocycles. The van der Waals surface area contributed by atoms with Gasteiger partial charge in [0.15, 0.2) is 0 Å². The fourth-order valence-corrected chi connectivity index (χ4v) is 4.90. The highest BCUT2D eigenvalue weighted by Gasteiger charge is 2.44. The van der Waals surface area contributed by atoms with Gasteiger partial charge in [0, 0.05) is 50.2 Å². The van der Waals surface area contributed by atoms with Gasteiger partial charge in [-0.3, -0.25) is 19.0 Å². The molecule has 2 amide bonds. The van der Waals surface area contributed by atoms with Crippen LogP contribution in [0.3, 0.4) is 0 Å². The van der Waals surface area contributed by atoms with Gasteiger partial charge in [-0.2, -0.15) is 0 Å². The number of aromatic nitrogens is 1. The zero-order chi connectivity index (χ0) is 19.0. The Bertz CT molecular complexity index is 841. The van der Waals surface area contributed by atoms with E-state index in [0.717, 1.165) is 25.0 Å². The van der Waals surface area contributed by atoms with Gasteiger partial charge in [-0.15, -0.1) is 0 Å². The minimum atomic E-state index is -0.545. The number of carbonyl (C=O) groups excluding carboxylic acids is 2. The number of hydrogen-bond donors (Lipinski definition) is 1. The predicted molar refractivity (Wildman–Crippen MR) is 102 cm³/mol. The van der Waals surface area contributed by atoms with Crippen molar-refractivity contribution in [3.63, 3.8) is 0 Å². The molecule has 3 aliphatic rings. The Kier molecular flexibility index (Phi) is 4.89. The van der Waals surface area contributed by atoms with Crippen LogP contribution in [0, 0.1) is 5.92 Å². The standard InChI is InChI=1S/C21H27N3O3/c1-14(25)23-12-16-10-17(13-23)20(24-18(16)8-5-9-19(24)26)21(27)22-11-15-6-3-2-4-7-15/h5-6,8-9,16-17,20H,2-4,7,10-13H2,1H3,(H,22,27)/t16-,17+,20-/m1/s1. The Morgan fingerprint density at radius 1 is 1.22 bits per heavy atom. The molecule has 0 radical (unpaired) electrons. The minimum absolute atomic E-state index is 0.0272. The van der Waals surface area contributed by atoms with Crippen LogP contribution in [0.4, 0.5) is 0 Å². The van der Waals surface area contributed by atoms with Gasteiger partial charge in [-0.05, 0) is 38.2 Å². The molecule has 3 atom stereocenters. The van der Waals surface area contributed by atoms with Crippen molar-refractivity contribution in [2.45, 2.75) is 51.0 Å². The van der Waals surface area contributed by atoms with Gasteiger partial charge < -0.3 is 10.2 Å². The molecule has 3 heterocycles. The number of pyridine rings is 1. The van der Waals surface area contributed by atoms with Gasteiger partial charge in [-0.1, -0.05) is 17.7 Å². The van der Waals surface area contributed by atoms with Crippen LogP contribution in [0.1, 0.15) is 56.7 Å². The van der Waals surface area contributed by atoms with E-state index in [1.807, 2.05) is 11.0 Å². The van der Waals surface area contributed by atoms with Gasteiger partial charge in [0.25, 0.3) is 5.56 Å². The van der Waals surface area contributed by atoms with Crippen molar-refractivity contribution in [2.75, 3.05) is 19.6 Å². The van der Waals surface area contributed by atoms with Gasteiger partial charge in [0.05, 0.1) is 0 Å². The van der Waals surface area contributed by atoms with Crippen LogP contribution in [0.5, 0.6) is 0 Å². The summed E-state index contributed by atoms with van der Waals surface area (Å²) in [6.45, 7) is 3.28. The molecule has 1 aromatic rings. The van der Waals surface area contributed by atoms with E-state index in [1.165, 1.54) is 24.5 Å². The van der Waals surface area contributed by atoms with E-state index in [2.05, 4.69) is 11.4 Å². The molecule has 1 fully saturated rings. The summed E-state index contributed by atoms with van der Waals surface area (Å²) in [6, 6.07) is 4.66. The molecular weight excluding hydrogens is 342 g/mol. The fourth-order valence-electron chi connectivity index (χ4n) is 4.90. The second kappa shape index (κ2) is 7.33. The number of rotatable bonds is 3. The van der Waals surface area contributed by atoms with E-state index in [1.54, 1.807) is 17.6 Å². The molecule has 2 aliphatic heterocycles. The molecule has 1 aliphatic carbocycles. The maximum atomic E-state index is 13.1. The molecule has 4 rings (SSSR count). The average Bonchev–Trinajstić information content (AvgIpc) is 2.68. The van der Waals surface area contributed by atoms with Crippen molar-refractivity contribution in [2.24, 2.45) is 5.92 Å². The number of carbonyl (C=O) groups is 2. The molecule has 6 heteroatoms. The van der Waals surface area contributed by atoms with Crippen molar-refractivity contribution >= 4 is 11.8 Å². The topological polar surface area (TPSA) is 71.4 Å². The Hall–Kier alpha value is -2.37. The van der Waals surface area contributed by atoms with Crippen LogP contribution < -0.4 is 10.9 Å². The van der Waals surface area contributed by atoms with E-state index in [0.29, 0.717) is 19.6 Å². The van der Waals surface area contributed by atoms with E-state index in [4.69, 9.17) is 0 Å². The van der Waals surface area contributed by atoms with Crippen LogP contribution in [0.2, 0.25) is 0 Å². The number of amides is 2. The first kappa shape index (κ1) is 18.0. The van der Waals surface area contributed by atoms with Crippen molar-refractivity contribution in [3.05, 3.63) is 45.9 Å². The lowest BCUT2D eigenvalue weighted by Gasteiger charge is -2.46. The number of fused-ring (bicyclic) bond motifs is 4. The summed E-state index contributed by atoms with van der Waals surface area (Å²) in [4.78, 5) is 39.5. The largest absolute Gasteiger partial charge is 0.351 e. The Labute approximate surface area is 159 Å². The van der Waals surface area contributed by atoms with E-state index in [-0.39, 0.29) is 29.2 Å². The lowest BCUT2D eigenvalue weighted by atomic mass is 9.78. The zero-order valence-corrected chi connectivity index (χ0v) is 15.8. The second-order valence-corrected chi connectivity index (χ2v) is 8.05. The summed E-state index contributed by atoms with van der Waals surface area (Å²) < 4.78 is 1.68. The molecule has 27 heavy (non-hydrogen) atoms. The molecule has 2 bridgehead atoms. The van der Waals surface area contributed by atoms with E-state index < -0.39 is 6.04 Å². The second-order valence-electron chi connectivity index (χ2n) is 8.05. The molecule has 1 aromatic heterocycles. The first-order valence-electron chi connectivity index (χ1n) is 9.97. The molecule has 0 spiro atoms. The summed E-state index contributed by atoms with van der Waals surface area (Å²) in [7, 11) is 0. The Morgan fingerprint density at radius 2 is 2.07 bits per heavy atom. The van der Waals surface area contributed by atoms with Gasteiger partial charge in [0.1, 0.15) is 6.04 Å². The quantitative estimate of drug-likeness (QED) is 0.828. The minimum Gasteiger partial charge on any atom is -0.351 e. The maximum Gasteiger partial charge on any atom is 0.251 e. The summed E-state index contributed by atoms with van der Waals surface area (Å²) in [6.07, 6.45) is 7.56. The average molecular weight is 369 g/mol. The normalized spacial score (nSPS) is 26.8. The van der Waals surface area contributed by atoms with Gasteiger partial charge in [-0.25, -0.2) is 0 Å².